The molecule has 1 saturated heterocycles. The average Bonchev–Trinajstić information content (AvgIpc) is 2.65. The van der Waals surface area contributed by atoms with E-state index in [0.29, 0.717) is 19.5 Å². The topological polar surface area (TPSA) is 69.6 Å². The van der Waals surface area contributed by atoms with Crippen LogP contribution in [0, 0.1) is 11.6 Å². The molecule has 0 bridgehead atoms. The summed E-state index contributed by atoms with van der Waals surface area (Å²) in [5, 5.41) is 12.1. The number of rotatable bonds is 6. The van der Waals surface area contributed by atoms with E-state index in [1.54, 1.807) is 17.0 Å². The number of carbonyl (C=O) groups excluding carboxylic acids is 1. The lowest BCUT2D eigenvalue weighted by Gasteiger charge is -2.33. The van der Waals surface area contributed by atoms with Gasteiger partial charge in [-0.15, -0.1) is 0 Å². The highest BCUT2D eigenvalue weighted by atomic mass is 19.1. The van der Waals surface area contributed by atoms with Crippen molar-refractivity contribution in [2.24, 2.45) is 0 Å². The molecule has 5 nitrogen and oxygen atoms in total. The summed E-state index contributed by atoms with van der Waals surface area (Å²) < 4.78 is 26.9. The third-order valence-electron chi connectivity index (χ3n) is 4.66. The molecular weight excluding hydrogens is 354 g/mol. The SMILES string of the molecule is O=C(O)c1ccc(CNC2CCCN(Cc3ccc(F)cc3F)C2=O)cc1. The third kappa shape index (κ3) is 4.68. The molecule has 2 aromatic rings. The number of halogens is 2. The first-order valence-electron chi connectivity index (χ1n) is 8.72. The van der Waals surface area contributed by atoms with Crippen molar-refractivity contribution in [3.05, 3.63) is 70.8 Å². The molecule has 3 rings (SSSR count). The number of amides is 1. The molecule has 1 atom stereocenters. The second kappa shape index (κ2) is 8.26. The van der Waals surface area contributed by atoms with Gasteiger partial charge >= 0.3 is 5.97 Å². The summed E-state index contributed by atoms with van der Waals surface area (Å²) in [6.45, 7) is 1.06. The number of hydrogen-bond donors (Lipinski definition) is 2. The maximum absolute atomic E-state index is 13.9. The summed E-state index contributed by atoms with van der Waals surface area (Å²) >= 11 is 0. The zero-order chi connectivity index (χ0) is 19.4. The van der Waals surface area contributed by atoms with Gasteiger partial charge in [0.1, 0.15) is 11.6 Å². The van der Waals surface area contributed by atoms with Gasteiger partial charge in [0.15, 0.2) is 0 Å². The minimum absolute atomic E-state index is 0.108. The van der Waals surface area contributed by atoms with Crippen LogP contribution in [-0.4, -0.2) is 34.5 Å². The van der Waals surface area contributed by atoms with Crippen LogP contribution in [0.25, 0.3) is 0 Å². The fourth-order valence-electron chi connectivity index (χ4n) is 3.15. The Kier molecular flexibility index (Phi) is 5.81. The molecule has 0 aliphatic carbocycles. The number of nitrogens with one attached hydrogen (secondary N) is 1. The Bertz CT molecular complexity index is 840. The molecule has 2 aromatic carbocycles. The number of carboxylic acids is 1. The minimum atomic E-state index is -0.986. The quantitative estimate of drug-likeness (QED) is 0.816. The Morgan fingerprint density at radius 2 is 1.93 bits per heavy atom. The number of likely N-dealkylation sites (tertiary alicyclic amines) is 1. The van der Waals surface area contributed by atoms with Crippen LogP contribution in [0.5, 0.6) is 0 Å². The second-order valence-electron chi connectivity index (χ2n) is 6.57. The van der Waals surface area contributed by atoms with E-state index in [2.05, 4.69) is 5.32 Å². The first-order chi connectivity index (χ1) is 12.9. The first kappa shape index (κ1) is 19.0. The van der Waals surface area contributed by atoms with Crippen molar-refractivity contribution < 1.29 is 23.5 Å². The first-order valence-corrected chi connectivity index (χ1v) is 8.72. The van der Waals surface area contributed by atoms with Crippen LogP contribution in [-0.2, 0) is 17.9 Å². The van der Waals surface area contributed by atoms with Crippen LogP contribution < -0.4 is 5.32 Å². The number of carboxylic acid groups (broad SMARTS) is 1. The lowest BCUT2D eigenvalue weighted by Crippen LogP contribution is -2.50. The van der Waals surface area contributed by atoms with Gasteiger partial charge in [0.2, 0.25) is 5.91 Å². The zero-order valence-electron chi connectivity index (χ0n) is 14.6. The highest BCUT2D eigenvalue weighted by Crippen LogP contribution is 2.18. The van der Waals surface area contributed by atoms with Gasteiger partial charge in [0, 0.05) is 31.3 Å². The predicted octanol–water partition coefficient (Wildman–Crippen LogP) is 2.94. The molecule has 1 fully saturated rings. The van der Waals surface area contributed by atoms with E-state index in [0.717, 1.165) is 18.1 Å². The number of nitrogens with zero attached hydrogens (tertiary/aromatic N) is 1. The Balaban J connectivity index is 1.60. The maximum atomic E-state index is 13.9. The second-order valence-corrected chi connectivity index (χ2v) is 6.57. The summed E-state index contributed by atoms with van der Waals surface area (Å²) in [5.74, 6) is -2.40. The lowest BCUT2D eigenvalue weighted by atomic mass is 10.0. The maximum Gasteiger partial charge on any atom is 0.335 e. The van der Waals surface area contributed by atoms with E-state index in [4.69, 9.17) is 5.11 Å². The lowest BCUT2D eigenvalue weighted by molar-refractivity contribution is -0.136. The number of hydrogen-bond acceptors (Lipinski definition) is 3. The van der Waals surface area contributed by atoms with E-state index < -0.39 is 17.6 Å². The smallest absolute Gasteiger partial charge is 0.335 e. The van der Waals surface area contributed by atoms with Crippen LogP contribution >= 0.6 is 0 Å². The summed E-state index contributed by atoms with van der Waals surface area (Å²) in [6.07, 6.45) is 1.46. The van der Waals surface area contributed by atoms with Crippen molar-refractivity contribution in [2.75, 3.05) is 6.54 Å². The molecule has 7 heteroatoms. The summed E-state index contributed by atoms with van der Waals surface area (Å²) in [7, 11) is 0. The third-order valence-corrected chi connectivity index (χ3v) is 4.66. The molecule has 1 unspecified atom stereocenters. The number of aromatic carboxylic acids is 1. The molecule has 1 aliphatic heterocycles. The Labute approximate surface area is 155 Å². The Morgan fingerprint density at radius 1 is 1.19 bits per heavy atom. The van der Waals surface area contributed by atoms with Gasteiger partial charge in [0.05, 0.1) is 11.6 Å². The summed E-state index contributed by atoms with van der Waals surface area (Å²) in [6, 6.07) is 9.42. The molecule has 2 N–H and O–H groups in total. The van der Waals surface area contributed by atoms with E-state index >= 15 is 0 Å². The molecular formula is C20H20F2N2O3. The van der Waals surface area contributed by atoms with Gasteiger partial charge < -0.3 is 15.3 Å². The van der Waals surface area contributed by atoms with Crippen LogP contribution in [0.3, 0.4) is 0 Å². The van der Waals surface area contributed by atoms with Crippen LogP contribution in [0.1, 0.15) is 34.3 Å². The van der Waals surface area contributed by atoms with Crippen LogP contribution in [0.4, 0.5) is 8.78 Å². The van der Waals surface area contributed by atoms with Gasteiger partial charge in [0.25, 0.3) is 0 Å². The number of carbonyl (C=O) groups is 2. The largest absolute Gasteiger partial charge is 0.478 e. The number of benzene rings is 2. The normalized spacial score (nSPS) is 17.2. The molecule has 1 aliphatic rings. The molecule has 142 valence electrons. The van der Waals surface area contributed by atoms with Crippen LogP contribution in [0.2, 0.25) is 0 Å². The fraction of sp³-hybridized carbons (Fsp3) is 0.300. The van der Waals surface area contributed by atoms with Crippen molar-refractivity contribution in [1.82, 2.24) is 10.2 Å². The summed E-state index contributed by atoms with van der Waals surface area (Å²) in [5.41, 5.74) is 1.36. The van der Waals surface area contributed by atoms with Crippen molar-refractivity contribution >= 4 is 11.9 Å². The predicted molar refractivity (Wildman–Crippen MR) is 95.0 cm³/mol. The minimum Gasteiger partial charge on any atom is -0.478 e. The van der Waals surface area contributed by atoms with Crippen molar-refractivity contribution in [3.8, 4) is 0 Å². The van der Waals surface area contributed by atoms with Gasteiger partial charge in [-0.3, -0.25) is 4.79 Å². The van der Waals surface area contributed by atoms with Crippen LogP contribution in [0.15, 0.2) is 42.5 Å². The van der Waals surface area contributed by atoms with Crippen molar-refractivity contribution in [3.63, 3.8) is 0 Å². The van der Waals surface area contributed by atoms with Gasteiger partial charge in [-0.05, 0) is 36.6 Å². The molecule has 1 heterocycles. The zero-order valence-corrected chi connectivity index (χ0v) is 14.6. The molecule has 0 aromatic heterocycles. The summed E-state index contributed by atoms with van der Waals surface area (Å²) in [4.78, 5) is 25.1. The monoisotopic (exact) mass is 374 g/mol. The molecule has 1 amide bonds. The van der Waals surface area contributed by atoms with Gasteiger partial charge in [-0.25, -0.2) is 13.6 Å². The average molecular weight is 374 g/mol. The Hall–Kier alpha value is -2.80. The Morgan fingerprint density at radius 3 is 2.59 bits per heavy atom. The van der Waals surface area contributed by atoms with E-state index in [1.807, 2.05) is 0 Å². The van der Waals surface area contributed by atoms with Gasteiger partial charge in [-0.2, -0.15) is 0 Å². The standard InChI is InChI=1S/C20H20F2N2O3/c21-16-8-7-15(17(22)10-16)12-24-9-1-2-18(19(24)25)23-11-13-3-5-14(6-4-13)20(26)27/h3-8,10,18,23H,1-2,9,11-12H2,(H,26,27). The number of piperidine rings is 1. The van der Waals surface area contributed by atoms with E-state index in [9.17, 15) is 18.4 Å². The van der Waals surface area contributed by atoms with Crippen molar-refractivity contribution in [1.29, 1.82) is 0 Å². The van der Waals surface area contributed by atoms with E-state index in [-0.39, 0.29) is 29.6 Å². The van der Waals surface area contributed by atoms with Gasteiger partial charge in [-0.1, -0.05) is 18.2 Å². The van der Waals surface area contributed by atoms with E-state index in [1.165, 1.54) is 24.3 Å². The highest BCUT2D eigenvalue weighted by molar-refractivity contribution is 5.87. The molecule has 27 heavy (non-hydrogen) atoms. The molecule has 0 spiro atoms. The van der Waals surface area contributed by atoms with Crippen molar-refractivity contribution in [2.45, 2.75) is 32.0 Å². The highest BCUT2D eigenvalue weighted by Gasteiger charge is 2.28. The molecule has 0 radical (unpaired) electrons. The fourth-order valence-corrected chi connectivity index (χ4v) is 3.15. The molecule has 0 saturated carbocycles.